The van der Waals surface area contributed by atoms with Crippen LogP contribution in [0.25, 0.3) is 0 Å². The second-order valence-corrected chi connectivity index (χ2v) is 6.86. The second-order valence-electron chi connectivity index (χ2n) is 6.86. The maximum absolute atomic E-state index is 12.8. The summed E-state index contributed by atoms with van der Waals surface area (Å²) in [5.74, 6) is 2.14. The Morgan fingerprint density at radius 1 is 1.27 bits per heavy atom. The molecule has 0 spiro atoms. The Morgan fingerprint density at radius 2 is 2.15 bits per heavy atom. The van der Waals surface area contributed by atoms with E-state index in [2.05, 4.69) is 19.7 Å². The molecule has 26 heavy (non-hydrogen) atoms. The van der Waals surface area contributed by atoms with Gasteiger partial charge < -0.3 is 18.6 Å². The van der Waals surface area contributed by atoms with E-state index in [4.69, 9.17) is 0 Å². The maximum atomic E-state index is 12.8. The van der Waals surface area contributed by atoms with E-state index in [1.165, 1.54) is 0 Å². The van der Waals surface area contributed by atoms with Gasteiger partial charge in [-0.05, 0) is 25.0 Å². The lowest BCUT2D eigenvalue weighted by Crippen LogP contribution is -2.40. The number of rotatable bonds is 4. The molecule has 1 atom stereocenters. The van der Waals surface area contributed by atoms with Gasteiger partial charge in [0, 0.05) is 51.7 Å². The van der Waals surface area contributed by atoms with Crippen LogP contribution in [-0.4, -0.2) is 52.8 Å². The predicted octanol–water partition coefficient (Wildman–Crippen LogP) is 1.42. The van der Waals surface area contributed by atoms with E-state index < -0.39 is 0 Å². The van der Waals surface area contributed by atoms with Gasteiger partial charge in [-0.1, -0.05) is 0 Å². The summed E-state index contributed by atoms with van der Waals surface area (Å²) < 4.78 is 5.90. The highest BCUT2D eigenvalue weighted by molar-refractivity contribution is 5.92. The van der Waals surface area contributed by atoms with Gasteiger partial charge in [-0.2, -0.15) is 0 Å². The van der Waals surface area contributed by atoms with Crippen molar-refractivity contribution in [2.24, 2.45) is 14.1 Å². The first-order valence-electron chi connectivity index (χ1n) is 8.88. The number of hydrogen-bond donors (Lipinski definition) is 0. The smallest absolute Gasteiger partial charge is 0.270 e. The van der Waals surface area contributed by atoms with E-state index in [1.54, 1.807) is 12.5 Å². The average Bonchev–Trinajstić information content (AvgIpc) is 3.38. The molecule has 8 heteroatoms. The minimum absolute atomic E-state index is 0.0861. The molecule has 1 saturated heterocycles. The lowest BCUT2D eigenvalue weighted by Gasteiger charge is -2.32. The number of piperidine rings is 1. The van der Waals surface area contributed by atoms with Crippen LogP contribution >= 0.6 is 0 Å². The number of aryl methyl sites for hydroxylation is 1. The molecule has 0 N–H and O–H groups in total. The fourth-order valence-electron chi connectivity index (χ4n) is 3.63. The third-order valence-corrected chi connectivity index (χ3v) is 5.12. The van der Waals surface area contributed by atoms with Gasteiger partial charge >= 0.3 is 0 Å². The molecule has 1 aliphatic rings. The van der Waals surface area contributed by atoms with Crippen LogP contribution in [0.15, 0.2) is 37.1 Å². The third-order valence-electron chi connectivity index (χ3n) is 5.12. The topological polar surface area (TPSA) is 73.8 Å². The average molecular weight is 353 g/mol. The highest BCUT2D eigenvalue weighted by Gasteiger charge is 2.29. The Hall–Kier alpha value is -2.90. The Kier molecular flexibility index (Phi) is 4.32. The van der Waals surface area contributed by atoms with E-state index in [9.17, 15) is 4.79 Å². The van der Waals surface area contributed by atoms with Gasteiger partial charge in [0.05, 0.1) is 12.9 Å². The van der Waals surface area contributed by atoms with Crippen LogP contribution in [0.5, 0.6) is 0 Å². The van der Waals surface area contributed by atoms with Crippen molar-refractivity contribution in [1.82, 2.24) is 33.8 Å². The van der Waals surface area contributed by atoms with Crippen LogP contribution in [0.3, 0.4) is 0 Å². The van der Waals surface area contributed by atoms with Crippen LogP contribution < -0.4 is 0 Å². The summed E-state index contributed by atoms with van der Waals surface area (Å²) in [5, 5.41) is 8.79. The van der Waals surface area contributed by atoms with Gasteiger partial charge in [0.25, 0.3) is 5.91 Å². The maximum Gasteiger partial charge on any atom is 0.270 e. The lowest BCUT2D eigenvalue weighted by atomic mass is 9.97. The molecular formula is C18H23N7O. The van der Waals surface area contributed by atoms with Crippen LogP contribution in [0.2, 0.25) is 0 Å². The monoisotopic (exact) mass is 353 g/mol. The van der Waals surface area contributed by atoms with Gasteiger partial charge in [0.1, 0.15) is 11.5 Å². The molecule has 0 saturated carbocycles. The number of carbonyl (C=O) groups excluding carboxylic acids is 1. The summed E-state index contributed by atoms with van der Waals surface area (Å²) in [6.07, 6.45) is 9.34. The van der Waals surface area contributed by atoms with Crippen LogP contribution in [-0.2, 0) is 20.6 Å². The molecule has 3 aromatic rings. The Labute approximate surface area is 152 Å². The summed E-state index contributed by atoms with van der Waals surface area (Å²) in [6.45, 7) is 2.11. The molecule has 1 aliphatic heterocycles. The lowest BCUT2D eigenvalue weighted by molar-refractivity contribution is 0.0693. The third kappa shape index (κ3) is 3.02. The first-order valence-corrected chi connectivity index (χ1v) is 8.88. The zero-order valence-corrected chi connectivity index (χ0v) is 15.1. The molecule has 0 unspecified atom stereocenters. The van der Waals surface area contributed by atoms with Gasteiger partial charge in [0.15, 0.2) is 5.82 Å². The minimum Gasteiger partial charge on any atom is -0.347 e. The molecule has 1 amide bonds. The summed E-state index contributed by atoms with van der Waals surface area (Å²) >= 11 is 0. The molecule has 4 heterocycles. The van der Waals surface area contributed by atoms with Crippen molar-refractivity contribution in [2.75, 3.05) is 13.1 Å². The predicted molar refractivity (Wildman–Crippen MR) is 95.6 cm³/mol. The zero-order chi connectivity index (χ0) is 18.1. The van der Waals surface area contributed by atoms with E-state index in [1.807, 2.05) is 52.7 Å². The quantitative estimate of drug-likeness (QED) is 0.711. The Balaban J connectivity index is 1.50. The molecule has 136 valence electrons. The SMILES string of the molecule is Cn1cccc1C(=O)N1CCC[C@H](c2nnc(Cn3ccnc3)n2C)C1. The van der Waals surface area contributed by atoms with Crippen molar-refractivity contribution < 1.29 is 4.79 Å². The number of likely N-dealkylation sites (tertiary alicyclic amines) is 1. The highest BCUT2D eigenvalue weighted by Crippen LogP contribution is 2.27. The molecular weight excluding hydrogens is 330 g/mol. The summed E-state index contributed by atoms with van der Waals surface area (Å²) in [4.78, 5) is 18.8. The van der Waals surface area contributed by atoms with Crippen molar-refractivity contribution in [3.8, 4) is 0 Å². The van der Waals surface area contributed by atoms with Crippen molar-refractivity contribution >= 4 is 5.91 Å². The minimum atomic E-state index is 0.0861. The fraction of sp³-hybridized carbons (Fsp3) is 0.444. The number of nitrogens with zero attached hydrogens (tertiary/aromatic N) is 7. The van der Waals surface area contributed by atoms with E-state index in [0.29, 0.717) is 13.1 Å². The molecule has 3 aromatic heterocycles. The van der Waals surface area contributed by atoms with E-state index in [0.717, 1.165) is 36.7 Å². The molecule has 8 nitrogen and oxygen atoms in total. The van der Waals surface area contributed by atoms with Gasteiger partial charge in [0.2, 0.25) is 0 Å². The van der Waals surface area contributed by atoms with Crippen molar-refractivity contribution in [1.29, 1.82) is 0 Å². The van der Waals surface area contributed by atoms with Crippen LogP contribution in [0, 0.1) is 0 Å². The number of hydrogen-bond acceptors (Lipinski definition) is 4. The highest BCUT2D eigenvalue weighted by atomic mass is 16.2. The Morgan fingerprint density at radius 3 is 2.88 bits per heavy atom. The summed E-state index contributed by atoms with van der Waals surface area (Å²) in [7, 11) is 3.90. The van der Waals surface area contributed by atoms with E-state index in [-0.39, 0.29) is 11.8 Å². The first kappa shape index (κ1) is 16.6. The molecule has 0 radical (unpaired) electrons. The largest absolute Gasteiger partial charge is 0.347 e. The number of imidazole rings is 1. The van der Waals surface area contributed by atoms with E-state index >= 15 is 0 Å². The number of amides is 1. The molecule has 1 fully saturated rings. The van der Waals surface area contributed by atoms with Gasteiger partial charge in [-0.25, -0.2) is 4.98 Å². The Bertz CT molecular complexity index is 893. The van der Waals surface area contributed by atoms with Crippen LogP contribution in [0.1, 0.15) is 40.9 Å². The van der Waals surface area contributed by atoms with Crippen molar-refractivity contribution in [3.05, 3.63) is 54.4 Å². The first-order chi connectivity index (χ1) is 12.6. The molecule has 0 aromatic carbocycles. The van der Waals surface area contributed by atoms with Crippen molar-refractivity contribution in [2.45, 2.75) is 25.3 Å². The van der Waals surface area contributed by atoms with Gasteiger partial charge in [-0.3, -0.25) is 4.79 Å². The second kappa shape index (κ2) is 6.78. The summed E-state index contributed by atoms with van der Waals surface area (Å²) in [6, 6.07) is 3.78. The summed E-state index contributed by atoms with van der Waals surface area (Å²) in [5.41, 5.74) is 0.726. The normalized spacial score (nSPS) is 17.6. The standard InChI is InChI=1S/C18H23N7O/c1-22-8-4-6-15(22)18(26)25-9-3-5-14(11-25)17-21-20-16(23(17)2)12-24-10-7-19-13-24/h4,6-8,10,13-14H,3,5,9,11-12H2,1-2H3/t14-/m0/s1. The fourth-order valence-corrected chi connectivity index (χ4v) is 3.63. The van der Waals surface area contributed by atoms with Crippen LogP contribution in [0.4, 0.5) is 0 Å². The zero-order valence-electron chi connectivity index (χ0n) is 15.1. The van der Waals surface area contributed by atoms with Gasteiger partial charge in [-0.15, -0.1) is 10.2 Å². The van der Waals surface area contributed by atoms with Crippen molar-refractivity contribution in [3.63, 3.8) is 0 Å². The molecule has 0 bridgehead atoms. The number of aromatic nitrogens is 6. The number of carbonyl (C=O) groups is 1. The molecule has 4 rings (SSSR count). The molecule has 0 aliphatic carbocycles.